The number of carboxylic acid groups (broad SMARTS) is 1. The second-order valence-electron chi connectivity index (χ2n) is 4.92. The minimum atomic E-state index is -0.695. The highest BCUT2D eigenvalue weighted by molar-refractivity contribution is 8.01. The molecule has 1 aliphatic rings. The van der Waals surface area contributed by atoms with Crippen molar-refractivity contribution < 1.29 is 9.90 Å². The minimum Gasteiger partial charge on any atom is -0.480 e. The van der Waals surface area contributed by atoms with Gasteiger partial charge in [0.1, 0.15) is 4.75 Å². The van der Waals surface area contributed by atoms with Gasteiger partial charge in [-0.3, -0.25) is 4.79 Å². The van der Waals surface area contributed by atoms with Crippen LogP contribution in [-0.4, -0.2) is 15.8 Å². The summed E-state index contributed by atoms with van der Waals surface area (Å²) >= 11 is 7.38. The molecule has 1 saturated carbocycles. The molecule has 0 radical (unpaired) electrons. The Hall–Kier alpha value is -0.670. The van der Waals surface area contributed by atoms with Crippen molar-refractivity contribution >= 4 is 29.3 Å². The van der Waals surface area contributed by atoms with Crippen molar-refractivity contribution in [3.8, 4) is 0 Å². The van der Waals surface area contributed by atoms with E-state index in [0.717, 1.165) is 30.6 Å². The number of hydrogen-bond acceptors (Lipinski definition) is 2. The Balaban J connectivity index is 2.07. The summed E-state index contributed by atoms with van der Waals surface area (Å²) in [7, 11) is 0. The van der Waals surface area contributed by atoms with Gasteiger partial charge in [0, 0.05) is 9.92 Å². The van der Waals surface area contributed by atoms with Crippen molar-refractivity contribution in [1.29, 1.82) is 0 Å². The Bertz CT molecular complexity index is 441. The van der Waals surface area contributed by atoms with Crippen LogP contribution in [0.4, 0.5) is 0 Å². The summed E-state index contributed by atoms with van der Waals surface area (Å²) in [4.78, 5) is 12.4. The molecule has 0 heterocycles. The summed E-state index contributed by atoms with van der Waals surface area (Å²) in [6.07, 6.45) is 3.80. The van der Waals surface area contributed by atoms with E-state index in [1.54, 1.807) is 6.07 Å². The second kappa shape index (κ2) is 5.54. The number of halogens is 1. The molecule has 1 N–H and O–H groups in total. The van der Waals surface area contributed by atoms with Crippen molar-refractivity contribution in [3.05, 3.63) is 29.3 Å². The van der Waals surface area contributed by atoms with Gasteiger partial charge in [-0.05, 0) is 37.0 Å². The van der Waals surface area contributed by atoms with Gasteiger partial charge in [0.15, 0.2) is 0 Å². The number of carbonyl (C=O) groups is 1. The molecule has 0 aliphatic heterocycles. The number of hydrogen-bond donors (Lipinski definition) is 1. The van der Waals surface area contributed by atoms with Gasteiger partial charge in [0.05, 0.1) is 0 Å². The maximum absolute atomic E-state index is 11.5. The van der Waals surface area contributed by atoms with E-state index in [1.807, 2.05) is 18.2 Å². The van der Waals surface area contributed by atoms with Gasteiger partial charge in [-0.15, -0.1) is 11.8 Å². The third kappa shape index (κ3) is 2.83. The fourth-order valence-electron chi connectivity index (χ4n) is 2.54. The first-order valence-electron chi connectivity index (χ1n) is 6.24. The number of thioether (sulfide) groups is 1. The predicted octanol–water partition coefficient (Wildman–Crippen LogP) is 4.47. The Morgan fingerprint density at radius 3 is 2.83 bits per heavy atom. The zero-order chi connectivity index (χ0) is 13.2. The van der Waals surface area contributed by atoms with Crippen LogP contribution in [0.5, 0.6) is 0 Å². The molecule has 0 spiro atoms. The van der Waals surface area contributed by atoms with Crippen LogP contribution >= 0.6 is 23.4 Å². The lowest BCUT2D eigenvalue weighted by Gasteiger charge is -2.43. The second-order valence-corrected chi connectivity index (χ2v) is 6.82. The Kier molecular flexibility index (Phi) is 4.23. The van der Waals surface area contributed by atoms with E-state index in [0.29, 0.717) is 10.9 Å². The molecule has 1 aromatic rings. The average Bonchev–Trinajstić information content (AvgIpc) is 2.25. The van der Waals surface area contributed by atoms with Gasteiger partial charge in [-0.1, -0.05) is 37.4 Å². The van der Waals surface area contributed by atoms with E-state index in [2.05, 4.69) is 6.92 Å². The molecule has 2 nitrogen and oxygen atoms in total. The van der Waals surface area contributed by atoms with Gasteiger partial charge in [-0.25, -0.2) is 0 Å². The van der Waals surface area contributed by atoms with Crippen LogP contribution in [-0.2, 0) is 4.79 Å². The van der Waals surface area contributed by atoms with Crippen molar-refractivity contribution in [2.45, 2.75) is 42.2 Å². The quantitative estimate of drug-likeness (QED) is 0.867. The zero-order valence-electron chi connectivity index (χ0n) is 10.4. The summed E-state index contributed by atoms with van der Waals surface area (Å²) in [5.41, 5.74) is 0. The Labute approximate surface area is 117 Å². The molecule has 0 amide bonds. The summed E-state index contributed by atoms with van der Waals surface area (Å²) < 4.78 is -0.634. The Morgan fingerprint density at radius 1 is 1.56 bits per heavy atom. The van der Waals surface area contributed by atoms with Crippen LogP contribution < -0.4 is 0 Å². The van der Waals surface area contributed by atoms with E-state index in [4.69, 9.17) is 11.6 Å². The summed E-state index contributed by atoms with van der Waals surface area (Å²) in [5.74, 6) is -0.127. The molecule has 1 fully saturated rings. The summed E-state index contributed by atoms with van der Waals surface area (Å²) in [5, 5.41) is 10.1. The molecule has 0 atom stereocenters. The van der Waals surface area contributed by atoms with Crippen LogP contribution in [0.3, 0.4) is 0 Å². The van der Waals surface area contributed by atoms with Gasteiger partial charge in [0.25, 0.3) is 0 Å². The van der Waals surface area contributed by atoms with Crippen LogP contribution in [0.2, 0.25) is 5.02 Å². The van der Waals surface area contributed by atoms with Crippen LogP contribution in [0, 0.1) is 5.92 Å². The fraction of sp³-hybridized carbons (Fsp3) is 0.500. The third-order valence-electron chi connectivity index (χ3n) is 3.43. The van der Waals surface area contributed by atoms with Crippen molar-refractivity contribution in [2.75, 3.05) is 0 Å². The predicted molar refractivity (Wildman–Crippen MR) is 75.3 cm³/mol. The van der Waals surface area contributed by atoms with Gasteiger partial charge >= 0.3 is 5.97 Å². The van der Waals surface area contributed by atoms with Crippen LogP contribution in [0.1, 0.15) is 32.6 Å². The van der Waals surface area contributed by atoms with Crippen LogP contribution in [0.25, 0.3) is 0 Å². The zero-order valence-corrected chi connectivity index (χ0v) is 11.9. The highest BCUT2D eigenvalue weighted by atomic mass is 35.5. The largest absolute Gasteiger partial charge is 0.480 e. The first-order valence-corrected chi connectivity index (χ1v) is 7.43. The highest BCUT2D eigenvalue weighted by Gasteiger charge is 2.50. The summed E-state index contributed by atoms with van der Waals surface area (Å²) in [6, 6.07) is 7.43. The number of carboxylic acids is 1. The molecule has 4 heteroatoms. The fourth-order valence-corrected chi connectivity index (χ4v) is 4.31. The standard InChI is InChI=1S/C14H17ClO2S/c1-2-4-10-8-14(9-10,13(16)17)18-12-6-3-5-11(15)7-12/h3,5-7,10H,2,4,8-9H2,1H3,(H,16,17). The molecule has 0 bridgehead atoms. The van der Waals surface area contributed by atoms with Crippen molar-refractivity contribution in [1.82, 2.24) is 0 Å². The van der Waals surface area contributed by atoms with Gasteiger partial charge in [-0.2, -0.15) is 0 Å². The van der Waals surface area contributed by atoms with Gasteiger partial charge < -0.3 is 5.11 Å². The van der Waals surface area contributed by atoms with E-state index in [9.17, 15) is 9.90 Å². The lowest BCUT2D eigenvalue weighted by Crippen LogP contribution is -2.47. The summed E-state index contributed by atoms with van der Waals surface area (Å²) in [6.45, 7) is 2.14. The number of benzene rings is 1. The maximum Gasteiger partial charge on any atom is 0.320 e. The molecule has 18 heavy (non-hydrogen) atoms. The molecule has 0 unspecified atom stereocenters. The first kappa shape index (κ1) is 13.8. The number of aliphatic carboxylic acids is 1. The molecule has 1 aliphatic carbocycles. The average molecular weight is 285 g/mol. The van der Waals surface area contributed by atoms with E-state index in [-0.39, 0.29) is 0 Å². The smallest absolute Gasteiger partial charge is 0.320 e. The van der Waals surface area contributed by atoms with E-state index < -0.39 is 10.7 Å². The topological polar surface area (TPSA) is 37.3 Å². The molecule has 0 aromatic heterocycles. The highest BCUT2D eigenvalue weighted by Crippen LogP contribution is 2.52. The monoisotopic (exact) mass is 284 g/mol. The minimum absolute atomic E-state index is 0.567. The van der Waals surface area contributed by atoms with E-state index >= 15 is 0 Å². The Morgan fingerprint density at radius 2 is 2.28 bits per heavy atom. The van der Waals surface area contributed by atoms with Crippen molar-refractivity contribution in [2.24, 2.45) is 5.92 Å². The van der Waals surface area contributed by atoms with E-state index in [1.165, 1.54) is 11.8 Å². The van der Waals surface area contributed by atoms with Gasteiger partial charge in [0.2, 0.25) is 0 Å². The van der Waals surface area contributed by atoms with Crippen LogP contribution in [0.15, 0.2) is 29.2 Å². The van der Waals surface area contributed by atoms with Crippen molar-refractivity contribution in [3.63, 3.8) is 0 Å². The first-order chi connectivity index (χ1) is 8.55. The maximum atomic E-state index is 11.5. The molecule has 1 aromatic carbocycles. The lowest BCUT2D eigenvalue weighted by molar-refractivity contribution is -0.143. The lowest BCUT2D eigenvalue weighted by atomic mass is 9.72. The molecule has 0 saturated heterocycles. The third-order valence-corrected chi connectivity index (χ3v) is 5.06. The number of rotatable bonds is 5. The SMILES string of the molecule is CCCC1CC(Sc2cccc(Cl)c2)(C(=O)O)C1. The molecule has 98 valence electrons. The molecular formula is C14H17ClO2S. The molecular weight excluding hydrogens is 268 g/mol. The molecule has 2 rings (SSSR count). The normalized spacial score (nSPS) is 26.7.